The zero-order chi connectivity index (χ0) is 91.0. The third kappa shape index (κ3) is 22.8. The number of ketones is 3. The minimum atomic E-state index is -5.07. The molecule has 2 aromatic heterocycles. The number of rotatable bonds is 43. The summed E-state index contributed by atoms with van der Waals surface area (Å²) in [5.41, 5.74) is 9.97. The van der Waals surface area contributed by atoms with Crippen molar-refractivity contribution in [2.45, 2.75) is 132 Å². The topological polar surface area (TPSA) is 405 Å². The smallest absolute Gasteiger partial charge is 0.493 e. The van der Waals surface area contributed by atoms with Crippen molar-refractivity contribution >= 4 is 78.9 Å². The molecule has 0 saturated carbocycles. The Hall–Kier alpha value is -12.7. The molecule has 0 aliphatic carbocycles. The Morgan fingerprint density at radius 1 is 0.554 bits per heavy atom. The monoisotopic (exact) mass is 1810 g/mol. The van der Waals surface area contributed by atoms with Gasteiger partial charge in [-0.15, -0.1) is 13.5 Å². The van der Waals surface area contributed by atoms with Gasteiger partial charge in [-0.2, -0.15) is 0 Å². The van der Waals surface area contributed by atoms with Crippen LogP contribution in [-0.2, 0) is 84.8 Å². The summed E-state index contributed by atoms with van der Waals surface area (Å²) in [6, 6.07) is 48.8. The van der Waals surface area contributed by atoms with Crippen LogP contribution >= 0.6 is 0 Å². The highest BCUT2D eigenvalue weighted by atomic mass is 32.3. The quantitative estimate of drug-likeness (QED) is 0.0157. The van der Waals surface area contributed by atoms with Crippen molar-refractivity contribution in [2.24, 2.45) is 9.98 Å². The van der Waals surface area contributed by atoms with E-state index in [0.29, 0.717) is 127 Å². The van der Waals surface area contributed by atoms with Crippen LogP contribution < -0.4 is 41.5 Å². The number of pyridine rings is 1. The van der Waals surface area contributed by atoms with Crippen LogP contribution in [0.5, 0.6) is 40.2 Å². The Morgan fingerprint density at radius 2 is 1.10 bits per heavy atom. The van der Waals surface area contributed by atoms with E-state index >= 15 is 0 Å². The number of carbonyl (C=O) groups excluding carboxylic acids is 5. The second kappa shape index (κ2) is 42.3. The Labute approximate surface area is 751 Å². The number of methoxy groups -OCH3 is 2. The average Bonchev–Trinajstić information content (AvgIpc) is 1.61. The van der Waals surface area contributed by atoms with Gasteiger partial charge in [0.2, 0.25) is 6.29 Å². The van der Waals surface area contributed by atoms with Gasteiger partial charge < -0.3 is 86.1 Å². The average molecular weight is 1820 g/mol. The number of aliphatic imine (C=N–C) groups is 2. The summed E-state index contributed by atoms with van der Waals surface area (Å²) in [5, 5.41) is 50.1. The molecule has 1 fully saturated rings. The number of aliphatic hydroxyl groups excluding tert-OH is 4. The summed E-state index contributed by atoms with van der Waals surface area (Å²) in [7, 11) is -5.66. The number of carbonyl (C=O) groups is 5. The maximum atomic E-state index is 14.2. The van der Waals surface area contributed by atoms with E-state index in [4.69, 9.17) is 61.0 Å². The van der Waals surface area contributed by atoms with Crippen LogP contribution in [0.15, 0.2) is 209 Å². The first kappa shape index (κ1) is 92.0. The number of hydrogen-bond donors (Lipinski definition) is 4. The van der Waals surface area contributed by atoms with E-state index in [1.54, 1.807) is 71.5 Å². The number of aromatic nitrogens is 4. The molecule has 0 radical (unpaired) electrons. The predicted molar refractivity (Wildman–Crippen MR) is 473 cm³/mol. The maximum Gasteiger partial charge on any atom is 0.501 e. The lowest BCUT2D eigenvalue weighted by atomic mass is 9.94. The van der Waals surface area contributed by atoms with Gasteiger partial charge in [-0.3, -0.25) is 34.0 Å². The number of sulfone groups is 1. The van der Waals surface area contributed by atoms with E-state index in [1.807, 2.05) is 94.6 Å². The highest BCUT2D eigenvalue weighted by Crippen LogP contribution is 2.42. The zero-order valence-electron chi connectivity index (χ0n) is 71.7. The minimum Gasteiger partial charge on any atom is -0.493 e. The molecule has 680 valence electrons. The van der Waals surface area contributed by atoms with Crippen molar-refractivity contribution in [1.82, 2.24) is 24.8 Å². The first-order chi connectivity index (χ1) is 62.9. The van der Waals surface area contributed by atoms with E-state index in [1.165, 1.54) is 73.9 Å². The number of aryl methyl sites for hydroxylation is 1. The lowest BCUT2D eigenvalue weighted by Gasteiger charge is -2.39. The molecule has 0 spiro atoms. The van der Waals surface area contributed by atoms with Crippen molar-refractivity contribution in [1.29, 1.82) is 0 Å². The van der Waals surface area contributed by atoms with Gasteiger partial charge in [0.05, 0.1) is 118 Å². The number of Topliss-reactive ketones (excluding diaryl/α,β-unsaturated/α-hetero) is 3. The van der Waals surface area contributed by atoms with E-state index in [-0.39, 0.29) is 129 Å². The molecule has 5 aliphatic rings. The van der Waals surface area contributed by atoms with Crippen molar-refractivity contribution < 1.29 is 117 Å². The number of anilines is 1. The van der Waals surface area contributed by atoms with E-state index < -0.39 is 74.8 Å². The van der Waals surface area contributed by atoms with Crippen LogP contribution in [0.2, 0.25) is 0 Å². The summed E-state index contributed by atoms with van der Waals surface area (Å²) in [6.07, 6.45) is 2.36. The van der Waals surface area contributed by atoms with Crippen LogP contribution in [0.4, 0.5) is 17.1 Å². The van der Waals surface area contributed by atoms with E-state index in [0.717, 1.165) is 34.0 Å². The molecule has 35 heteroatoms. The molecule has 33 nitrogen and oxygen atoms in total. The van der Waals surface area contributed by atoms with Crippen LogP contribution in [-0.4, -0.2) is 232 Å². The molecular weight excluding hydrogens is 1720 g/mol. The SMILES string of the molecule is COc1cc2c(cc1OCCN(CCOc1cc3c(cc1OC)C(=O)N1Cc4ccccc4C[C@H]1C=N3)c1cc[n+](Cc3ccc(OS(=O)(=O)Oc4cc(C(=O)CCCOCCn5cc(COCCOCCCC(=O)c6ccc(C(=O)CCS(=O)(=O)c7ccc(C)cc7)cc6)nn5)ccc4OC4O[C@H](CO)[C@H](O)[C@H](O)[C@@H]4O)cc3)cc1)N=CC1Cc3ccccc3CN1C2=O. The molecule has 130 heavy (non-hydrogen) atoms. The predicted octanol–water partition coefficient (Wildman–Crippen LogP) is 9.27. The highest BCUT2D eigenvalue weighted by molar-refractivity contribution is 7.91. The van der Waals surface area contributed by atoms with Gasteiger partial charge in [0.1, 0.15) is 49.1 Å². The van der Waals surface area contributed by atoms with Gasteiger partial charge >= 0.3 is 10.4 Å². The minimum absolute atomic E-state index is 0.0113. The number of aliphatic hydroxyl groups is 4. The summed E-state index contributed by atoms with van der Waals surface area (Å²) in [6.45, 7) is 4.87. The van der Waals surface area contributed by atoms with E-state index in [2.05, 4.69) is 27.3 Å². The van der Waals surface area contributed by atoms with Crippen molar-refractivity contribution in [2.75, 3.05) is 90.8 Å². The van der Waals surface area contributed by atoms with Crippen LogP contribution in [0.25, 0.3) is 0 Å². The van der Waals surface area contributed by atoms with Crippen LogP contribution in [0.1, 0.15) is 123 Å². The number of benzene rings is 8. The first-order valence-corrected chi connectivity index (χ1v) is 45.7. The number of fused-ring (bicyclic) bond motifs is 6. The molecule has 4 N–H and O–H groups in total. The Bertz CT molecular complexity index is 5870. The largest absolute Gasteiger partial charge is 0.501 e. The summed E-state index contributed by atoms with van der Waals surface area (Å²) in [4.78, 5) is 83.5. The molecule has 2 unspecified atom stereocenters. The van der Waals surface area contributed by atoms with Crippen LogP contribution in [0, 0.1) is 6.92 Å². The molecule has 8 aromatic carbocycles. The number of nitrogens with zero attached hydrogens (tertiary/aromatic N) is 9. The van der Waals surface area contributed by atoms with Crippen LogP contribution in [0.3, 0.4) is 0 Å². The first-order valence-electron chi connectivity index (χ1n) is 42.7. The van der Waals surface area contributed by atoms with Crippen molar-refractivity contribution in [3.05, 3.63) is 261 Å². The summed E-state index contributed by atoms with van der Waals surface area (Å²) >= 11 is 0. The molecule has 15 rings (SSSR count). The maximum absolute atomic E-state index is 14.2. The molecule has 5 aliphatic heterocycles. The molecule has 10 aromatic rings. The summed E-state index contributed by atoms with van der Waals surface area (Å²) < 4.78 is 121. The standard InChI is InChI=1S/C95H100N9O24S2/c1-61-16-27-75(28-17-61)129(114,115)45-32-82(108)64-22-20-63(21-23-64)80(106)14-8-39-121-43-44-122-60-70-58-102(99-98-70)37-40-120-38-9-15-81(107)67-24-29-83(125-95-92(111)91(110)90(109)89(59-105)126-95)88(48-67)128-130(116,117)127-74-25-18-62(19-26-74)55-100-33-30-71(31-34-100)101(35-41-123-86-51-78-76(49-84(86)118-2)93(112)103-56-68-12-6-4-10-65(68)46-72(103)53-96-78)36-42-124-87-52-79-77(50-85(87)119-3)94(113)104-57-69-13-7-5-11-66(69)47-73(104)54-97-79/h4-7,10-13,16-31,33-34,48-54,58,72-73,89-92,95,105,109-111H,8-9,14-15,32,35-47,55-57,59-60H2,1-3H3/q+1/t72-,73?,89+,90-,91-,92-,95?/m0/s1. The Morgan fingerprint density at radius 3 is 1.68 bits per heavy atom. The fourth-order valence-electron chi connectivity index (χ4n) is 15.8. The number of ether oxygens (including phenoxy) is 9. The molecule has 7 heterocycles. The second-order valence-corrected chi connectivity index (χ2v) is 35.1. The normalized spacial score (nSPS) is 17.9. The third-order valence-electron chi connectivity index (χ3n) is 23.0. The molecule has 0 bridgehead atoms. The Kier molecular flexibility index (Phi) is 29.9. The molecule has 1 saturated heterocycles. The molecular formula is C95H100N9O24S2+. The van der Waals surface area contributed by atoms with Gasteiger partial charge in [-0.05, 0) is 122 Å². The lowest BCUT2D eigenvalue weighted by molar-refractivity contribution is -0.688. The van der Waals surface area contributed by atoms with Crippen molar-refractivity contribution in [3.63, 3.8) is 0 Å². The molecule has 2 amide bonds. The zero-order valence-corrected chi connectivity index (χ0v) is 73.4. The number of amides is 2. The summed E-state index contributed by atoms with van der Waals surface area (Å²) in [5.74, 6) is -1.18. The van der Waals surface area contributed by atoms with Gasteiger partial charge in [0.15, 0.2) is 80.6 Å². The Balaban J connectivity index is 0.532. The van der Waals surface area contributed by atoms with Crippen molar-refractivity contribution in [3.8, 4) is 40.2 Å². The second-order valence-electron chi connectivity index (χ2n) is 31.8. The fraction of sp³-hybridized carbons (Fsp3) is 0.347. The van der Waals surface area contributed by atoms with Gasteiger partial charge in [-0.25, -0.2) is 17.7 Å². The highest BCUT2D eigenvalue weighted by Gasteiger charge is 2.46. The fourth-order valence-corrected chi connectivity index (χ4v) is 17.7. The van der Waals surface area contributed by atoms with Gasteiger partial charge in [0, 0.05) is 110 Å². The third-order valence-corrected chi connectivity index (χ3v) is 25.5. The van der Waals surface area contributed by atoms with Gasteiger partial charge in [-0.1, -0.05) is 95.7 Å². The number of hydrogen-bond acceptors (Lipinski definition) is 29. The lowest BCUT2D eigenvalue weighted by Crippen LogP contribution is -2.60. The van der Waals surface area contributed by atoms with E-state index in [9.17, 15) is 61.2 Å². The molecule has 7 atom stereocenters. The van der Waals surface area contributed by atoms with Gasteiger partial charge in [0.25, 0.3) is 11.8 Å².